The first-order valence-electron chi connectivity index (χ1n) is 8.74. The standard InChI is InChI=1S/C17H30N4/c1-14-12-20(15(2)8-10-18-14)13-16-9-11-21(19-16)17-6-4-3-5-7-17/h9,11,14-15,17-18H,3-8,10,12-13H2,1-2H3. The first kappa shape index (κ1) is 15.0. The van der Waals surface area contributed by atoms with Crippen molar-refractivity contribution in [3.63, 3.8) is 0 Å². The van der Waals surface area contributed by atoms with Gasteiger partial charge in [0, 0.05) is 31.4 Å². The van der Waals surface area contributed by atoms with E-state index in [1.807, 2.05) is 0 Å². The van der Waals surface area contributed by atoms with Gasteiger partial charge in [-0.3, -0.25) is 9.58 Å². The SMILES string of the molecule is CC1CN(Cc2ccn(C3CCCCC3)n2)C(C)CCN1. The van der Waals surface area contributed by atoms with Crippen molar-refractivity contribution >= 4 is 0 Å². The Morgan fingerprint density at radius 2 is 2.00 bits per heavy atom. The third-order valence-corrected chi connectivity index (χ3v) is 5.16. The molecule has 2 fully saturated rings. The maximum Gasteiger partial charge on any atom is 0.0765 e. The minimum atomic E-state index is 0.579. The van der Waals surface area contributed by atoms with E-state index < -0.39 is 0 Å². The molecule has 1 aromatic rings. The molecule has 118 valence electrons. The van der Waals surface area contributed by atoms with Gasteiger partial charge in [0.05, 0.1) is 11.7 Å². The molecule has 2 aliphatic rings. The molecule has 21 heavy (non-hydrogen) atoms. The highest BCUT2D eigenvalue weighted by Gasteiger charge is 2.22. The molecule has 1 aliphatic heterocycles. The minimum Gasteiger partial charge on any atom is -0.313 e. The fourth-order valence-corrected chi connectivity index (χ4v) is 3.76. The summed E-state index contributed by atoms with van der Waals surface area (Å²) in [6.07, 6.45) is 10.2. The highest BCUT2D eigenvalue weighted by molar-refractivity contribution is 5.01. The summed E-state index contributed by atoms with van der Waals surface area (Å²) in [5, 5.41) is 8.45. The summed E-state index contributed by atoms with van der Waals surface area (Å²) in [4.78, 5) is 2.58. The quantitative estimate of drug-likeness (QED) is 0.929. The largest absolute Gasteiger partial charge is 0.313 e. The molecule has 1 aromatic heterocycles. The molecule has 2 unspecified atom stereocenters. The van der Waals surface area contributed by atoms with Gasteiger partial charge in [0.15, 0.2) is 0 Å². The molecular formula is C17H30N4. The molecule has 2 heterocycles. The van der Waals surface area contributed by atoms with Crippen LogP contribution in [0.25, 0.3) is 0 Å². The Morgan fingerprint density at radius 3 is 2.81 bits per heavy atom. The maximum absolute atomic E-state index is 4.87. The number of nitrogens with one attached hydrogen (secondary N) is 1. The van der Waals surface area contributed by atoms with Gasteiger partial charge in [0.25, 0.3) is 0 Å². The van der Waals surface area contributed by atoms with Gasteiger partial charge in [-0.15, -0.1) is 0 Å². The van der Waals surface area contributed by atoms with E-state index in [4.69, 9.17) is 5.10 Å². The molecule has 0 bridgehead atoms. The summed E-state index contributed by atoms with van der Waals surface area (Å²) in [5.74, 6) is 0. The third-order valence-electron chi connectivity index (χ3n) is 5.16. The molecule has 1 aliphatic carbocycles. The molecule has 2 atom stereocenters. The zero-order valence-electron chi connectivity index (χ0n) is 13.6. The molecule has 0 amide bonds. The second-order valence-electron chi connectivity index (χ2n) is 7.00. The van der Waals surface area contributed by atoms with Crippen molar-refractivity contribution in [2.45, 2.75) is 77.0 Å². The Balaban J connectivity index is 1.62. The first-order valence-corrected chi connectivity index (χ1v) is 8.74. The Labute approximate surface area is 128 Å². The van der Waals surface area contributed by atoms with Gasteiger partial charge >= 0.3 is 0 Å². The molecule has 1 saturated carbocycles. The number of aromatic nitrogens is 2. The lowest BCUT2D eigenvalue weighted by atomic mass is 9.96. The molecule has 0 radical (unpaired) electrons. The predicted molar refractivity (Wildman–Crippen MR) is 86.3 cm³/mol. The molecule has 0 spiro atoms. The van der Waals surface area contributed by atoms with Crippen molar-refractivity contribution in [1.29, 1.82) is 0 Å². The van der Waals surface area contributed by atoms with Crippen LogP contribution in [0.15, 0.2) is 12.3 Å². The second kappa shape index (κ2) is 6.93. The molecule has 0 aromatic carbocycles. The van der Waals surface area contributed by atoms with Crippen LogP contribution in [0.3, 0.4) is 0 Å². The van der Waals surface area contributed by atoms with Crippen LogP contribution in [-0.4, -0.2) is 39.9 Å². The van der Waals surface area contributed by atoms with Crippen molar-refractivity contribution in [3.05, 3.63) is 18.0 Å². The number of nitrogens with zero attached hydrogens (tertiary/aromatic N) is 3. The highest BCUT2D eigenvalue weighted by Crippen LogP contribution is 2.27. The first-order chi connectivity index (χ1) is 10.2. The van der Waals surface area contributed by atoms with E-state index >= 15 is 0 Å². The summed E-state index contributed by atoms with van der Waals surface area (Å²) in [6, 6.07) is 4.09. The fourth-order valence-electron chi connectivity index (χ4n) is 3.76. The smallest absolute Gasteiger partial charge is 0.0765 e. The minimum absolute atomic E-state index is 0.579. The van der Waals surface area contributed by atoms with E-state index in [2.05, 4.69) is 41.0 Å². The number of hydrogen-bond donors (Lipinski definition) is 1. The van der Waals surface area contributed by atoms with Gasteiger partial charge < -0.3 is 5.32 Å². The Hall–Kier alpha value is -0.870. The Morgan fingerprint density at radius 1 is 1.19 bits per heavy atom. The number of hydrogen-bond acceptors (Lipinski definition) is 3. The fraction of sp³-hybridized carbons (Fsp3) is 0.824. The molecule has 4 heteroatoms. The van der Waals surface area contributed by atoms with Crippen molar-refractivity contribution in [2.24, 2.45) is 0 Å². The van der Waals surface area contributed by atoms with E-state index in [0.29, 0.717) is 18.1 Å². The van der Waals surface area contributed by atoms with Crippen molar-refractivity contribution < 1.29 is 0 Å². The zero-order chi connectivity index (χ0) is 14.7. The van der Waals surface area contributed by atoms with Crippen molar-refractivity contribution in [3.8, 4) is 0 Å². The molecule has 1 saturated heterocycles. The van der Waals surface area contributed by atoms with Gasteiger partial charge in [0.1, 0.15) is 0 Å². The van der Waals surface area contributed by atoms with Gasteiger partial charge in [-0.05, 0) is 45.7 Å². The monoisotopic (exact) mass is 290 g/mol. The van der Waals surface area contributed by atoms with Gasteiger partial charge in [-0.1, -0.05) is 19.3 Å². The van der Waals surface area contributed by atoms with Crippen LogP contribution in [0.2, 0.25) is 0 Å². The lowest BCUT2D eigenvalue weighted by molar-refractivity contribution is 0.195. The molecular weight excluding hydrogens is 260 g/mol. The average Bonchev–Trinajstić information content (AvgIpc) is 2.89. The molecule has 4 nitrogen and oxygen atoms in total. The average molecular weight is 290 g/mol. The molecule has 1 N–H and O–H groups in total. The summed E-state index contributed by atoms with van der Waals surface area (Å²) < 4.78 is 2.23. The van der Waals surface area contributed by atoms with E-state index in [1.165, 1.54) is 44.2 Å². The normalized spacial score (nSPS) is 29.4. The zero-order valence-corrected chi connectivity index (χ0v) is 13.6. The summed E-state index contributed by atoms with van der Waals surface area (Å²) in [7, 11) is 0. The Bertz CT molecular complexity index is 436. The summed E-state index contributed by atoms with van der Waals surface area (Å²) in [5.41, 5.74) is 1.24. The van der Waals surface area contributed by atoms with E-state index in [-0.39, 0.29) is 0 Å². The lowest BCUT2D eigenvalue weighted by Gasteiger charge is -2.27. The topological polar surface area (TPSA) is 33.1 Å². The van der Waals surface area contributed by atoms with Crippen LogP contribution >= 0.6 is 0 Å². The Kier molecular flexibility index (Phi) is 4.96. The van der Waals surface area contributed by atoms with E-state index in [0.717, 1.165) is 19.6 Å². The second-order valence-corrected chi connectivity index (χ2v) is 7.00. The van der Waals surface area contributed by atoms with E-state index in [9.17, 15) is 0 Å². The van der Waals surface area contributed by atoms with Gasteiger partial charge in [-0.2, -0.15) is 5.10 Å². The van der Waals surface area contributed by atoms with Crippen LogP contribution in [-0.2, 0) is 6.54 Å². The van der Waals surface area contributed by atoms with E-state index in [1.54, 1.807) is 0 Å². The predicted octanol–water partition coefficient (Wildman–Crippen LogP) is 2.96. The third kappa shape index (κ3) is 3.86. The van der Waals surface area contributed by atoms with Crippen LogP contribution in [0.4, 0.5) is 0 Å². The lowest BCUT2D eigenvalue weighted by Crippen LogP contribution is -2.38. The van der Waals surface area contributed by atoms with Crippen LogP contribution in [0.1, 0.15) is 64.1 Å². The highest BCUT2D eigenvalue weighted by atomic mass is 15.3. The number of rotatable bonds is 3. The van der Waals surface area contributed by atoms with Crippen molar-refractivity contribution in [1.82, 2.24) is 20.0 Å². The van der Waals surface area contributed by atoms with Crippen LogP contribution < -0.4 is 5.32 Å². The summed E-state index contributed by atoms with van der Waals surface area (Å²) in [6.45, 7) is 7.88. The van der Waals surface area contributed by atoms with Gasteiger partial charge in [-0.25, -0.2) is 0 Å². The maximum atomic E-state index is 4.87. The van der Waals surface area contributed by atoms with Crippen LogP contribution in [0.5, 0.6) is 0 Å². The summed E-state index contributed by atoms with van der Waals surface area (Å²) >= 11 is 0. The van der Waals surface area contributed by atoms with Crippen molar-refractivity contribution in [2.75, 3.05) is 13.1 Å². The molecule has 3 rings (SSSR count). The van der Waals surface area contributed by atoms with Crippen LogP contribution in [0, 0.1) is 0 Å². The van der Waals surface area contributed by atoms with Gasteiger partial charge in [0.2, 0.25) is 0 Å².